The molecular formula is C18H26N2. The maximum atomic E-state index is 8.86. The van der Waals surface area contributed by atoms with Crippen LogP contribution in [0.15, 0.2) is 24.3 Å². The Morgan fingerprint density at radius 2 is 1.75 bits per heavy atom. The van der Waals surface area contributed by atoms with Gasteiger partial charge >= 0.3 is 0 Å². The largest absolute Gasteiger partial charge is 0.307 e. The van der Waals surface area contributed by atoms with Gasteiger partial charge in [-0.15, -0.1) is 0 Å². The zero-order valence-corrected chi connectivity index (χ0v) is 12.9. The van der Waals surface area contributed by atoms with E-state index >= 15 is 0 Å². The molecular weight excluding hydrogens is 244 g/mol. The Morgan fingerprint density at radius 3 is 2.35 bits per heavy atom. The molecule has 1 saturated carbocycles. The number of hydrogen-bond donors (Lipinski definition) is 1. The van der Waals surface area contributed by atoms with Gasteiger partial charge in [0.2, 0.25) is 0 Å². The highest BCUT2D eigenvalue weighted by molar-refractivity contribution is 5.32. The van der Waals surface area contributed by atoms with Crippen molar-refractivity contribution in [3.05, 3.63) is 35.4 Å². The van der Waals surface area contributed by atoms with Crippen molar-refractivity contribution in [1.29, 1.82) is 5.26 Å². The van der Waals surface area contributed by atoms with E-state index in [4.69, 9.17) is 5.26 Å². The molecule has 20 heavy (non-hydrogen) atoms. The van der Waals surface area contributed by atoms with Gasteiger partial charge in [0.15, 0.2) is 0 Å². The molecule has 108 valence electrons. The fourth-order valence-corrected chi connectivity index (χ4v) is 3.43. The molecule has 1 aromatic carbocycles. The van der Waals surface area contributed by atoms with E-state index < -0.39 is 0 Å². The Hall–Kier alpha value is -1.33. The Balaban J connectivity index is 2.01. The van der Waals surface area contributed by atoms with Crippen molar-refractivity contribution < 1.29 is 0 Å². The van der Waals surface area contributed by atoms with Gasteiger partial charge in [0.25, 0.3) is 0 Å². The van der Waals surface area contributed by atoms with Gasteiger partial charge in [0, 0.05) is 12.1 Å². The smallest absolute Gasteiger partial charge is 0.0991 e. The predicted molar refractivity (Wildman–Crippen MR) is 83.3 cm³/mol. The Bertz CT molecular complexity index is 455. The van der Waals surface area contributed by atoms with Crippen LogP contribution in [-0.2, 0) is 0 Å². The molecule has 2 rings (SSSR count). The lowest BCUT2D eigenvalue weighted by atomic mass is 9.77. The molecule has 0 aliphatic heterocycles. The van der Waals surface area contributed by atoms with E-state index in [1.165, 1.54) is 31.2 Å². The third-order valence-corrected chi connectivity index (χ3v) is 4.68. The fourth-order valence-electron chi connectivity index (χ4n) is 3.43. The highest BCUT2D eigenvalue weighted by Gasteiger charge is 2.28. The lowest BCUT2D eigenvalue weighted by Gasteiger charge is -2.37. The molecule has 0 saturated heterocycles. The predicted octanol–water partition coefficient (Wildman–Crippen LogP) is 4.42. The van der Waals surface area contributed by atoms with Gasteiger partial charge in [0.1, 0.15) is 0 Å². The number of nitrogens with zero attached hydrogens (tertiary/aromatic N) is 1. The second-order valence-electron chi connectivity index (χ2n) is 6.42. The van der Waals surface area contributed by atoms with Crippen LogP contribution in [0.1, 0.15) is 63.6 Å². The summed E-state index contributed by atoms with van der Waals surface area (Å²) >= 11 is 0. The van der Waals surface area contributed by atoms with Crippen LogP contribution in [0.4, 0.5) is 0 Å². The molecule has 0 radical (unpaired) electrons. The van der Waals surface area contributed by atoms with Gasteiger partial charge in [-0.1, -0.05) is 38.8 Å². The van der Waals surface area contributed by atoms with Gasteiger partial charge in [-0.25, -0.2) is 0 Å². The standard InChI is InChI=1S/C18H26N2/c1-13(2)17-6-4-5-7-18(17)20-14(3)16-10-8-15(12-19)9-11-16/h8-11,13-14,17-18,20H,4-7H2,1-3H3. The van der Waals surface area contributed by atoms with Crippen molar-refractivity contribution in [3.8, 4) is 6.07 Å². The van der Waals surface area contributed by atoms with Gasteiger partial charge < -0.3 is 5.32 Å². The fraction of sp³-hybridized carbons (Fsp3) is 0.611. The molecule has 1 aliphatic rings. The normalized spacial score (nSPS) is 24.4. The minimum atomic E-state index is 0.354. The molecule has 1 aliphatic carbocycles. The summed E-state index contributed by atoms with van der Waals surface area (Å²) in [6, 6.07) is 11.1. The van der Waals surface area contributed by atoms with Gasteiger partial charge in [-0.3, -0.25) is 0 Å². The maximum Gasteiger partial charge on any atom is 0.0991 e. The first kappa shape index (κ1) is 15.1. The Morgan fingerprint density at radius 1 is 1.10 bits per heavy atom. The van der Waals surface area contributed by atoms with Crippen molar-refractivity contribution in [3.63, 3.8) is 0 Å². The molecule has 2 nitrogen and oxygen atoms in total. The molecule has 2 heteroatoms. The van der Waals surface area contributed by atoms with E-state index in [-0.39, 0.29) is 0 Å². The second kappa shape index (κ2) is 6.90. The lowest BCUT2D eigenvalue weighted by molar-refractivity contribution is 0.195. The monoisotopic (exact) mass is 270 g/mol. The molecule has 0 bridgehead atoms. The van der Waals surface area contributed by atoms with Gasteiger partial charge in [0.05, 0.1) is 11.6 Å². The van der Waals surface area contributed by atoms with Crippen molar-refractivity contribution in [2.45, 2.75) is 58.5 Å². The van der Waals surface area contributed by atoms with Crippen LogP contribution in [0, 0.1) is 23.2 Å². The molecule has 0 heterocycles. The van der Waals surface area contributed by atoms with Crippen molar-refractivity contribution in [2.24, 2.45) is 11.8 Å². The van der Waals surface area contributed by atoms with Crippen LogP contribution in [0.25, 0.3) is 0 Å². The van der Waals surface area contributed by atoms with Crippen molar-refractivity contribution >= 4 is 0 Å². The molecule has 0 amide bonds. The summed E-state index contributed by atoms with van der Waals surface area (Å²) in [7, 11) is 0. The molecule has 0 aromatic heterocycles. The topological polar surface area (TPSA) is 35.8 Å². The first-order chi connectivity index (χ1) is 9.61. The molecule has 1 fully saturated rings. The van der Waals surface area contributed by atoms with Crippen LogP contribution in [0.5, 0.6) is 0 Å². The first-order valence-electron chi connectivity index (χ1n) is 7.88. The van der Waals surface area contributed by atoms with Crippen molar-refractivity contribution in [1.82, 2.24) is 5.32 Å². The van der Waals surface area contributed by atoms with E-state index in [0.717, 1.165) is 17.4 Å². The van der Waals surface area contributed by atoms with Crippen LogP contribution in [-0.4, -0.2) is 6.04 Å². The van der Waals surface area contributed by atoms with E-state index in [0.29, 0.717) is 12.1 Å². The zero-order chi connectivity index (χ0) is 14.5. The lowest BCUT2D eigenvalue weighted by Crippen LogP contribution is -2.42. The maximum absolute atomic E-state index is 8.86. The first-order valence-corrected chi connectivity index (χ1v) is 7.88. The van der Waals surface area contributed by atoms with Crippen molar-refractivity contribution in [2.75, 3.05) is 0 Å². The summed E-state index contributed by atoms with van der Waals surface area (Å²) < 4.78 is 0. The van der Waals surface area contributed by atoms with Crippen LogP contribution < -0.4 is 5.32 Å². The molecule has 0 spiro atoms. The van der Waals surface area contributed by atoms with Gasteiger partial charge in [-0.2, -0.15) is 5.26 Å². The minimum absolute atomic E-state index is 0.354. The van der Waals surface area contributed by atoms with E-state index in [9.17, 15) is 0 Å². The summed E-state index contributed by atoms with van der Waals surface area (Å²) in [6.07, 6.45) is 5.38. The third-order valence-electron chi connectivity index (χ3n) is 4.68. The SMILES string of the molecule is CC(NC1CCCCC1C(C)C)c1ccc(C#N)cc1. The number of nitriles is 1. The number of nitrogens with one attached hydrogen (secondary N) is 1. The van der Waals surface area contributed by atoms with Crippen LogP contribution >= 0.6 is 0 Å². The quantitative estimate of drug-likeness (QED) is 0.879. The highest BCUT2D eigenvalue weighted by atomic mass is 15.0. The number of benzene rings is 1. The summed E-state index contributed by atoms with van der Waals surface area (Å²) in [4.78, 5) is 0. The molecule has 1 aromatic rings. The second-order valence-corrected chi connectivity index (χ2v) is 6.42. The van der Waals surface area contributed by atoms with Gasteiger partial charge in [-0.05, 0) is 49.3 Å². The summed E-state index contributed by atoms with van der Waals surface area (Å²) in [5.74, 6) is 1.55. The van der Waals surface area contributed by atoms with Crippen LogP contribution in [0.3, 0.4) is 0 Å². The molecule has 3 atom stereocenters. The highest BCUT2D eigenvalue weighted by Crippen LogP contribution is 2.31. The summed E-state index contributed by atoms with van der Waals surface area (Å²) in [5, 5.41) is 12.7. The summed E-state index contributed by atoms with van der Waals surface area (Å²) in [6.45, 7) is 6.92. The average molecular weight is 270 g/mol. The number of hydrogen-bond acceptors (Lipinski definition) is 2. The minimum Gasteiger partial charge on any atom is -0.307 e. The van der Waals surface area contributed by atoms with E-state index in [2.05, 4.69) is 44.3 Å². The average Bonchev–Trinajstić information content (AvgIpc) is 2.47. The Labute approximate surface area is 123 Å². The van der Waals surface area contributed by atoms with E-state index in [1.54, 1.807) is 0 Å². The molecule has 3 unspecified atom stereocenters. The van der Waals surface area contributed by atoms with E-state index in [1.807, 2.05) is 12.1 Å². The third kappa shape index (κ3) is 3.61. The Kier molecular flexibility index (Phi) is 5.20. The number of rotatable bonds is 4. The summed E-state index contributed by atoms with van der Waals surface area (Å²) in [5.41, 5.74) is 2.01. The van der Waals surface area contributed by atoms with Crippen LogP contribution in [0.2, 0.25) is 0 Å². The zero-order valence-electron chi connectivity index (χ0n) is 12.9. The molecule has 1 N–H and O–H groups in total.